The van der Waals surface area contributed by atoms with Gasteiger partial charge in [-0.05, 0) is 70.1 Å². The Balaban J connectivity index is 3.27. The van der Waals surface area contributed by atoms with Gasteiger partial charge >= 0.3 is 6.09 Å². The second-order valence-electron chi connectivity index (χ2n) is 7.44. The van der Waals surface area contributed by atoms with Gasteiger partial charge in [-0.1, -0.05) is 50.3 Å². The van der Waals surface area contributed by atoms with E-state index in [-0.39, 0.29) is 12.2 Å². The lowest BCUT2D eigenvalue weighted by Crippen LogP contribution is -2.35. The maximum atomic E-state index is 12.6. The lowest BCUT2D eigenvalue weighted by atomic mass is 9.98. The number of nitrogens with zero attached hydrogens (tertiary/aromatic N) is 1. The van der Waals surface area contributed by atoms with Crippen molar-refractivity contribution < 1.29 is 9.53 Å². The van der Waals surface area contributed by atoms with Gasteiger partial charge in [-0.15, -0.1) is 0 Å². The van der Waals surface area contributed by atoms with E-state index in [4.69, 9.17) is 4.74 Å². The van der Waals surface area contributed by atoms with Gasteiger partial charge in [0.05, 0.1) is 6.10 Å². The Morgan fingerprint density at radius 1 is 1.35 bits per heavy atom. The summed E-state index contributed by atoms with van der Waals surface area (Å²) >= 11 is 0. The molecule has 3 heteroatoms. The Hall–Kier alpha value is -2.03. The van der Waals surface area contributed by atoms with E-state index in [0.717, 1.165) is 24.1 Å². The minimum Gasteiger partial charge on any atom is -0.446 e. The molecule has 0 atom stereocenters. The molecule has 0 bridgehead atoms. The molecule has 1 amide bonds. The molecule has 0 N–H and O–H groups in total. The van der Waals surface area contributed by atoms with Crippen LogP contribution in [0.25, 0.3) is 0 Å². The van der Waals surface area contributed by atoms with Crippen molar-refractivity contribution in [2.24, 2.45) is 5.92 Å². The fraction of sp³-hybridized carbons (Fsp3) is 0.522. The second-order valence-corrected chi connectivity index (χ2v) is 7.44. The van der Waals surface area contributed by atoms with Crippen molar-refractivity contribution in [1.82, 2.24) is 4.90 Å². The topological polar surface area (TPSA) is 29.5 Å². The van der Waals surface area contributed by atoms with E-state index in [2.05, 4.69) is 39.5 Å². The molecule has 0 heterocycles. The number of hydrogen-bond donors (Lipinski definition) is 0. The van der Waals surface area contributed by atoms with Crippen molar-refractivity contribution in [2.75, 3.05) is 6.54 Å². The molecule has 1 rings (SSSR count). The van der Waals surface area contributed by atoms with Crippen LogP contribution in [0.3, 0.4) is 0 Å². The maximum Gasteiger partial charge on any atom is 0.414 e. The van der Waals surface area contributed by atoms with Crippen molar-refractivity contribution in [3.05, 3.63) is 59.4 Å². The van der Waals surface area contributed by atoms with E-state index in [1.165, 1.54) is 17.6 Å². The highest BCUT2D eigenvalue weighted by Crippen LogP contribution is 2.26. The summed E-state index contributed by atoms with van der Waals surface area (Å²) in [4.78, 5) is 14.4. The molecule has 0 spiro atoms. The molecule has 3 nitrogen and oxygen atoms in total. The normalized spacial score (nSPS) is 16.2. The Morgan fingerprint density at radius 2 is 2.04 bits per heavy atom. The van der Waals surface area contributed by atoms with Gasteiger partial charge in [-0.25, -0.2) is 4.79 Å². The third-order valence-corrected chi connectivity index (χ3v) is 4.21. The number of amides is 1. The van der Waals surface area contributed by atoms with Gasteiger partial charge < -0.3 is 4.74 Å². The summed E-state index contributed by atoms with van der Waals surface area (Å²) in [5.74, 6) is 0.337. The highest BCUT2D eigenvalue weighted by atomic mass is 16.6. The van der Waals surface area contributed by atoms with Crippen LogP contribution in [-0.4, -0.2) is 23.6 Å². The predicted octanol–water partition coefficient (Wildman–Crippen LogP) is 6.56. The van der Waals surface area contributed by atoms with Gasteiger partial charge in [0, 0.05) is 12.2 Å². The predicted molar refractivity (Wildman–Crippen MR) is 111 cm³/mol. The van der Waals surface area contributed by atoms with E-state index >= 15 is 0 Å². The molecule has 26 heavy (non-hydrogen) atoms. The SMILES string of the molecule is C=C/C(=C\C(=C\C)N(CC(C)C)C(=O)OC(C)C)C1=C(C)CCCC=C1. The summed E-state index contributed by atoms with van der Waals surface area (Å²) in [5, 5.41) is 0. The van der Waals surface area contributed by atoms with Gasteiger partial charge in [0.1, 0.15) is 0 Å². The number of allylic oxidation sites excluding steroid dienone is 8. The lowest BCUT2D eigenvalue weighted by molar-refractivity contribution is 0.0842. The molecular weight excluding hydrogens is 322 g/mol. The standard InChI is InChI=1S/C23H35NO2/c1-8-20(22-14-12-10-11-13-19(22)7)15-21(9-2)24(16-17(3)4)23(25)26-18(5)6/h8-9,12,14-15,17-18H,1,10-11,13,16H2,2-7H3/b20-15+,21-9-. The van der Waals surface area contributed by atoms with Gasteiger partial charge in [-0.2, -0.15) is 0 Å². The Labute approximate surface area is 159 Å². The highest BCUT2D eigenvalue weighted by molar-refractivity contribution is 5.71. The van der Waals surface area contributed by atoms with Crippen LogP contribution >= 0.6 is 0 Å². The largest absolute Gasteiger partial charge is 0.446 e. The molecule has 144 valence electrons. The average Bonchev–Trinajstić information content (AvgIpc) is 2.78. The molecule has 0 aliphatic heterocycles. The first-order valence-electron chi connectivity index (χ1n) is 9.65. The molecule has 0 unspecified atom stereocenters. The zero-order valence-corrected chi connectivity index (χ0v) is 17.3. The van der Waals surface area contributed by atoms with Gasteiger partial charge in [0.25, 0.3) is 0 Å². The molecule has 0 saturated heterocycles. The third-order valence-electron chi connectivity index (χ3n) is 4.21. The van der Waals surface area contributed by atoms with E-state index in [1.54, 1.807) is 4.90 Å². The van der Waals surface area contributed by atoms with E-state index in [0.29, 0.717) is 12.5 Å². The number of hydrogen-bond acceptors (Lipinski definition) is 2. The summed E-state index contributed by atoms with van der Waals surface area (Å²) in [5.41, 5.74) is 4.45. The smallest absolute Gasteiger partial charge is 0.414 e. The number of ether oxygens (including phenoxy) is 1. The fourth-order valence-electron chi connectivity index (χ4n) is 2.94. The van der Waals surface area contributed by atoms with Crippen LogP contribution in [0.1, 0.15) is 60.8 Å². The first-order chi connectivity index (χ1) is 12.3. The first kappa shape index (κ1) is 22.0. The van der Waals surface area contributed by atoms with Gasteiger partial charge in [0.15, 0.2) is 0 Å². The van der Waals surface area contributed by atoms with E-state index in [9.17, 15) is 4.79 Å². The Morgan fingerprint density at radius 3 is 2.58 bits per heavy atom. The van der Waals surface area contributed by atoms with Crippen LogP contribution in [-0.2, 0) is 4.74 Å². The van der Waals surface area contributed by atoms with Crippen molar-refractivity contribution in [1.29, 1.82) is 0 Å². The van der Waals surface area contributed by atoms with Gasteiger partial charge in [-0.3, -0.25) is 4.90 Å². The molecule has 0 fully saturated rings. The number of carbonyl (C=O) groups is 1. The summed E-state index contributed by atoms with van der Waals surface area (Å²) in [6.45, 7) is 16.7. The highest BCUT2D eigenvalue weighted by Gasteiger charge is 2.21. The molecule has 0 saturated carbocycles. The van der Waals surface area contributed by atoms with Crippen molar-refractivity contribution >= 4 is 6.09 Å². The summed E-state index contributed by atoms with van der Waals surface area (Å²) in [6, 6.07) is 0. The maximum absolute atomic E-state index is 12.6. The summed E-state index contributed by atoms with van der Waals surface area (Å²) in [6.07, 6.45) is 13.2. The Kier molecular flexibility index (Phi) is 9.18. The van der Waals surface area contributed by atoms with Gasteiger partial charge in [0.2, 0.25) is 0 Å². The van der Waals surface area contributed by atoms with Crippen LogP contribution in [0.5, 0.6) is 0 Å². The van der Waals surface area contributed by atoms with E-state index < -0.39 is 0 Å². The van der Waals surface area contributed by atoms with Crippen LogP contribution in [0.15, 0.2) is 59.4 Å². The molecule has 0 radical (unpaired) electrons. The average molecular weight is 358 g/mol. The summed E-state index contributed by atoms with van der Waals surface area (Å²) < 4.78 is 5.46. The summed E-state index contributed by atoms with van der Waals surface area (Å²) in [7, 11) is 0. The van der Waals surface area contributed by atoms with Crippen molar-refractivity contribution in [2.45, 2.75) is 66.9 Å². The van der Waals surface area contributed by atoms with Crippen LogP contribution < -0.4 is 0 Å². The molecular formula is C23H35NO2. The minimum atomic E-state index is -0.302. The molecule has 1 aliphatic carbocycles. The van der Waals surface area contributed by atoms with Crippen molar-refractivity contribution in [3.63, 3.8) is 0 Å². The third kappa shape index (κ3) is 6.70. The lowest BCUT2D eigenvalue weighted by Gasteiger charge is -2.26. The molecule has 0 aromatic rings. The van der Waals surface area contributed by atoms with Crippen LogP contribution in [0.4, 0.5) is 4.79 Å². The molecule has 0 aromatic carbocycles. The quantitative estimate of drug-likeness (QED) is 0.483. The number of carbonyl (C=O) groups excluding carboxylic acids is 1. The number of rotatable bonds is 7. The minimum absolute atomic E-state index is 0.145. The second kappa shape index (κ2) is 10.8. The molecule has 1 aliphatic rings. The fourth-order valence-corrected chi connectivity index (χ4v) is 2.94. The molecule has 0 aromatic heterocycles. The first-order valence-corrected chi connectivity index (χ1v) is 9.65. The zero-order valence-electron chi connectivity index (χ0n) is 17.3. The van der Waals surface area contributed by atoms with Crippen molar-refractivity contribution in [3.8, 4) is 0 Å². The monoisotopic (exact) mass is 357 g/mol. The van der Waals surface area contributed by atoms with Crippen LogP contribution in [0.2, 0.25) is 0 Å². The Bertz CT molecular complexity index is 618. The van der Waals surface area contributed by atoms with E-state index in [1.807, 2.05) is 39.0 Å². The zero-order chi connectivity index (χ0) is 19.7. The van der Waals surface area contributed by atoms with Crippen LogP contribution in [0, 0.1) is 5.92 Å².